The highest BCUT2D eigenvalue weighted by Crippen LogP contribution is 2.20. The molecular weight excluding hydrogens is 500 g/mol. The van der Waals surface area contributed by atoms with Crippen molar-refractivity contribution in [3.05, 3.63) is 0 Å². The molecule has 2 heterocycles. The maximum Gasteiger partial charge on any atom is 0.317 e. The molecule has 0 radical (unpaired) electrons. The zero-order valence-corrected chi connectivity index (χ0v) is 26.2. The molecule has 7 nitrogen and oxygen atoms in total. The lowest BCUT2D eigenvalue weighted by Crippen LogP contribution is -2.49. The molecule has 1 atom stereocenters. The van der Waals surface area contributed by atoms with E-state index < -0.39 is 0 Å². The molecule has 0 saturated carbocycles. The van der Waals surface area contributed by atoms with Gasteiger partial charge in [0.1, 0.15) is 0 Å². The summed E-state index contributed by atoms with van der Waals surface area (Å²) >= 11 is 0. The van der Waals surface area contributed by atoms with Gasteiger partial charge in [0.2, 0.25) is 6.41 Å². The normalized spacial score (nSPS) is 17.8. The number of unbranched alkanes of at least 4 members (excludes halogenated alkanes) is 15. The number of piperidine rings is 1. The Balaban J connectivity index is 1.42. The molecule has 2 aliphatic rings. The van der Waals surface area contributed by atoms with Crippen LogP contribution < -0.4 is 5.32 Å². The predicted octanol–water partition coefficient (Wildman–Crippen LogP) is 7.69. The van der Waals surface area contributed by atoms with E-state index in [1.165, 1.54) is 114 Å². The van der Waals surface area contributed by atoms with Gasteiger partial charge in [-0.15, -0.1) is 0 Å². The second-order valence-corrected chi connectivity index (χ2v) is 12.3. The number of hydroxylamine groups is 2. The largest absolute Gasteiger partial charge is 0.338 e. The fourth-order valence-electron chi connectivity index (χ4n) is 6.24. The number of amides is 3. The van der Waals surface area contributed by atoms with Crippen molar-refractivity contribution in [3.63, 3.8) is 0 Å². The van der Waals surface area contributed by atoms with Crippen LogP contribution in [-0.2, 0) is 9.63 Å². The first-order chi connectivity index (χ1) is 19.7. The minimum absolute atomic E-state index is 0.0759. The number of hydrogen-bond donors (Lipinski definition) is 1. The van der Waals surface area contributed by atoms with Crippen molar-refractivity contribution in [2.24, 2.45) is 0 Å². The summed E-state index contributed by atoms with van der Waals surface area (Å²) in [6.45, 7) is 8.08. The summed E-state index contributed by atoms with van der Waals surface area (Å²) in [7, 11) is 0. The molecule has 0 aliphatic carbocycles. The number of hydrogen-bond acceptors (Lipinski definition) is 4. The number of nitrogens with one attached hydrogen (secondary N) is 1. The van der Waals surface area contributed by atoms with Crippen LogP contribution in [0.1, 0.15) is 148 Å². The Labute approximate surface area is 247 Å². The fraction of sp³-hybridized carbons (Fsp3) is 0.939. The third-order valence-electron chi connectivity index (χ3n) is 8.86. The van der Waals surface area contributed by atoms with Gasteiger partial charge in [-0.2, -0.15) is 0 Å². The van der Waals surface area contributed by atoms with Crippen LogP contribution in [0, 0.1) is 0 Å². The van der Waals surface area contributed by atoms with Crippen LogP contribution in [0.4, 0.5) is 4.79 Å². The van der Waals surface area contributed by atoms with E-state index in [0.717, 1.165) is 71.2 Å². The smallest absolute Gasteiger partial charge is 0.317 e. The van der Waals surface area contributed by atoms with E-state index in [1.807, 2.05) is 4.90 Å². The molecule has 2 saturated heterocycles. The SMILES string of the molecule is CCCCCCCCCCCCCCCCCCNC(=O)N1CCCCC1CCON(C=O)CCN1CCCC1. The maximum atomic E-state index is 12.9. The fourth-order valence-corrected chi connectivity index (χ4v) is 6.24. The van der Waals surface area contributed by atoms with E-state index >= 15 is 0 Å². The summed E-state index contributed by atoms with van der Waals surface area (Å²) in [6.07, 6.45) is 29.1. The van der Waals surface area contributed by atoms with Gasteiger partial charge >= 0.3 is 6.03 Å². The number of rotatable bonds is 25. The standard InChI is InChI=1S/C33H64N4O3/c1-2-3-4-5-6-7-8-9-10-11-12-13-14-15-16-18-24-34-33(39)37-27-19-17-22-32(37)23-30-40-36(31-38)29-28-35-25-20-21-26-35/h31-32H,2-30H2,1H3,(H,34,39). The molecule has 0 aromatic heterocycles. The van der Waals surface area contributed by atoms with Gasteiger partial charge in [0, 0.05) is 25.7 Å². The van der Waals surface area contributed by atoms with Crippen LogP contribution in [0.5, 0.6) is 0 Å². The van der Waals surface area contributed by atoms with Gasteiger partial charge in [-0.3, -0.25) is 9.63 Å². The van der Waals surface area contributed by atoms with Gasteiger partial charge in [-0.25, -0.2) is 9.86 Å². The van der Waals surface area contributed by atoms with Crippen molar-refractivity contribution in [2.45, 2.75) is 154 Å². The first kappa shape index (κ1) is 34.9. The average molecular weight is 565 g/mol. The third kappa shape index (κ3) is 16.8. The number of carbonyl (C=O) groups excluding carboxylic acids is 2. The van der Waals surface area contributed by atoms with Crippen LogP contribution in [0.3, 0.4) is 0 Å². The van der Waals surface area contributed by atoms with Crippen molar-refractivity contribution in [2.75, 3.05) is 45.9 Å². The Morgan fingerprint density at radius 3 is 1.93 bits per heavy atom. The van der Waals surface area contributed by atoms with Gasteiger partial charge in [-0.05, 0) is 58.0 Å². The van der Waals surface area contributed by atoms with Crippen molar-refractivity contribution >= 4 is 12.4 Å². The molecule has 0 bridgehead atoms. The van der Waals surface area contributed by atoms with E-state index in [9.17, 15) is 9.59 Å². The van der Waals surface area contributed by atoms with Gasteiger partial charge in [0.25, 0.3) is 0 Å². The lowest BCUT2D eigenvalue weighted by molar-refractivity contribution is -0.174. The maximum absolute atomic E-state index is 12.9. The number of nitrogens with zero attached hydrogens (tertiary/aromatic N) is 3. The van der Waals surface area contributed by atoms with Crippen molar-refractivity contribution < 1.29 is 14.4 Å². The second-order valence-electron chi connectivity index (χ2n) is 12.3. The van der Waals surface area contributed by atoms with Gasteiger partial charge in [0.05, 0.1) is 13.2 Å². The molecule has 0 aromatic carbocycles. The predicted molar refractivity (Wildman–Crippen MR) is 166 cm³/mol. The van der Waals surface area contributed by atoms with Crippen LogP contribution in [0.15, 0.2) is 0 Å². The topological polar surface area (TPSA) is 65.1 Å². The second kappa shape index (κ2) is 24.3. The van der Waals surface area contributed by atoms with Crippen LogP contribution >= 0.6 is 0 Å². The summed E-state index contributed by atoms with van der Waals surface area (Å²) in [5.41, 5.74) is 0. The van der Waals surface area contributed by atoms with E-state index in [2.05, 4.69) is 17.1 Å². The molecule has 40 heavy (non-hydrogen) atoms. The molecule has 2 aliphatic heterocycles. The van der Waals surface area contributed by atoms with E-state index in [4.69, 9.17) is 4.84 Å². The Bertz CT molecular complexity index is 615. The monoisotopic (exact) mass is 564 g/mol. The molecule has 1 unspecified atom stereocenters. The van der Waals surface area contributed by atoms with E-state index in [-0.39, 0.29) is 12.1 Å². The molecule has 234 valence electrons. The van der Waals surface area contributed by atoms with E-state index in [0.29, 0.717) is 13.2 Å². The number of carbonyl (C=O) groups is 2. The van der Waals surface area contributed by atoms with Crippen molar-refractivity contribution in [1.82, 2.24) is 20.2 Å². The van der Waals surface area contributed by atoms with Gasteiger partial charge < -0.3 is 15.1 Å². The molecule has 3 amide bonds. The lowest BCUT2D eigenvalue weighted by Gasteiger charge is -2.36. The van der Waals surface area contributed by atoms with Crippen LogP contribution in [0.25, 0.3) is 0 Å². The quantitative estimate of drug-likeness (QED) is 0.0701. The number of urea groups is 1. The first-order valence-corrected chi connectivity index (χ1v) is 17.4. The van der Waals surface area contributed by atoms with Crippen molar-refractivity contribution in [3.8, 4) is 0 Å². The zero-order chi connectivity index (χ0) is 28.5. The van der Waals surface area contributed by atoms with Gasteiger partial charge in [0.15, 0.2) is 0 Å². The summed E-state index contributed by atoms with van der Waals surface area (Å²) in [5, 5.41) is 4.60. The van der Waals surface area contributed by atoms with Crippen LogP contribution in [-0.4, -0.2) is 79.2 Å². The average Bonchev–Trinajstić information content (AvgIpc) is 3.50. The first-order valence-electron chi connectivity index (χ1n) is 17.4. The minimum Gasteiger partial charge on any atom is -0.338 e. The lowest BCUT2D eigenvalue weighted by atomic mass is 10.00. The molecule has 0 spiro atoms. The summed E-state index contributed by atoms with van der Waals surface area (Å²) in [4.78, 5) is 34.4. The summed E-state index contributed by atoms with van der Waals surface area (Å²) < 4.78 is 0. The van der Waals surface area contributed by atoms with Gasteiger partial charge in [-0.1, -0.05) is 103 Å². The summed E-state index contributed by atoms with van der Waals surface area (Å²) in [5.74, 6) is 0. The minimum atomic E-state index is 0.0759. The molecular formula is C33H64N4O3. The highest BCUT2D eigenvalue weighted by atomic mass is 16.7. The van der Waals surface area contributed by atoms with Crippen molar-refractivity contribution in [1.29, 1.82) is 0 Å². The molecule has 0 aromatic rings. The summed E-state index contributed by atoms with van der Waals surface area (Å²) in [6, 6.07) is 0.276. The Morgan fingerprint density at radius 1 is 0.800 bits per heavy atom. The highest BCUT2D eigenvalue weighted by molar-refractivity contribution is 5.74. The Kier molecular flexibility index (Phi) is 21.2. The Hall–Kier alpha value is -1.34. The number of likely N-dealkylation sites (tertiary alicyclic amines) is 2. The van der Waals surface area contributed by atoms with E-state index in [1.54, 1.807) is 0 Å². The molecule has 2 fully saturated rings. The molecule has 7 heteroatoms. The Morgan fingerprint density at radius 2 is 1.35 bits per heavy atom. The van der Waals surface area contributed by atoms with Crippen LogP contribution in [0.2, 0.25) is 0 Å². The zero-order valence-electron chi connectivity index (χ0n) is 26.2. The highest BCUT2D eigenvalue weighted by Gasteiger charge is 2.26. The molecule has 2 rings (SSSR count). The molecule has 1 N–H and O–H groups in total. The third-order valence-corrected chi connectivity index (χ3v) is 8.86.